The second-order valence-corrected chi connectivity index (χ2v) is 5.19. The zero-order valence-corrected chi connectivity index (χ0v) is 15.0. The lowest BCUT2D eigenvalue weighted by atomic mass is 10.1. The van der Waals surface area contributed by atoms with Gasteiger partial charge in [0.05, 0.1) is 0 Å². The van der Waals surface area contributed by atoms with Gasteiger partial charge in [-0.15, -0.1) is 24.8 Å². The highest BCUT2D eigenvalue weighted by Gasteiger charge is 2.14. The van der Waals surface area contributed by atoms with Gasteiger partial charge in [-0.05, 0) is 24.6 Å². The average molecular weight is 370 g/mol. The SMILES string of the molecule is CCCCCNc1nc(O)c(C=C2C=Nc3ncccc32)[nH]1.Cl.Cl. The Hall–Kier alpha value is -2.05. The standard InChI is InChI=1S/C16H19N5O.2ClH/c1-2-3-4-7-18-16-20-13(15(22)21-16)9-11-10-19-14-12(11)6-5-8-17-14;;/h5-6,8-10,22H,2-4,7H2,1H3,(H2,18,20,21);2*1H. The van der Waals surface area contributed by atoms with Gasteiger partial charge in [0.15, 0.2) is 5.82 Å². The minimum Gasteiger partial charge on any atom is -0.492 e. The number of aromatic hydroxyl groups is 1. The number of H-pyrrole nitrogens is 1. The van der Waals surface area contributed by atoms with E-state index in [-0.39, 0.29) is 30.7 Å². The molecule has 0 aromatic carbocycles. The number of allylic oxidation sites excluding steroid dienone is 1. The maximum absolute atomic E-state index is 9.96. The molecule has 0 aliphatic carbocycles. The highest BCUT2D eigenvalue weighted by atomic mass is 35.5. The van der Waals surface area contributed by atoms with Crippen molar-refractivity contribution in [3.63, 3.8) is 0 Å². The number of unbranched alkanes of at least 4 members (excludes halogenated alkanes) is 2. The van der Waals surface area contributed by atoms with Crippen LogP contribution in [0.4, 0.5) is 11.8 Å². The summed E-state index contributed by atoms with van der Waals surface area (Å²) >= 11 is 0. The van der Waals surface area contributed by atoms with Gasteiger partial charge in [-0.25, -0.2) is 9.98 Å². The van der Waals surface area contributed by atoms with Crippen molar-refractivity contribution in [3.05, 3.63) is 29.6 Å². The lowest BCUT2D eigenvalue weighted by Crippen LogP contribution is -2.02. The first-order valence-electron chi connectivity index (χ1n) is 7.52. The second kappa shape index (κ2) is 9.30. The minimum atomic E-state index is -0.0174. The number of anilines is 1. The van der Waals surface area contributed by atoms with Crippen LogP contribution in [0.15, 0.2) is 23.3 Å². The molecule has 1 aliphatic rings. The van der Waals surface area contributed by atoms with E-state index in [2.05, 4.69) is 32.2 Å². The highest BCUT2D eigenvalue weighted by molar-refractivity contribution is 6.20. The molecule has 0 radical (unpaired) electrons. The number of aliphatic imine (C=N–C) groups is 1. The summed E-state index contributed by atoms with van der Waals surface area (Å²) in [5.74, 6) is 1.27. The topological polar surface area (TPSA) is 86.2 Å². The fraction of sp³-hybridized carbons (Fsp3) is 0.312. The first-order chi connectivity index (χ1) is 10.8. The number of imidazole rings is 1. The maximum Gasteiger partial charge on any atom is 0.238 e. The summed E-state index contributed by atoms with van der Waals surface area (Å²) in [6.45, 7) is 3.00. The Morgan fingerprint density at radius 1 is 1.29 bits per heavy atom. The summed E-state index contributed by atoms with van der Waals surface area (Å²) in [5, 5.41) is 13.1. The molecule has 130 valence electrons. The van der Waals surface area contributed by atoms with Crippen LogP contribution < -0.4 is 5.32 Å². The molecule has 2 aromatic heterocycles. The van der Waals surface area contributed by atoms with Crippen molar-refractivity contribution in [1.82, 2.24) is 15.0 Å². The Morgan fingerprint density at radius 3 is 2.92 bits per heavy atom. The van der Waals surface area contributed by atoms with Crippen LogP contribution in [0.25, 0.3) is 11.6 Å². The molecule has 0 spiro atoms. The Morgan fingerprint density at radius 2 is 2.12 bits per heavy atom. The molecule has 0 saturated heterocycles. The molecule has 2 aromatic rings. The molecular weight excluding hydrogens is 349 g/mol. The smallest absolute Gasteiger partial charge is 0.238 e. The van der Waals surface area contributed by atoms with Crippen LogP contribution in [-0.4, -0.2) is 32.8 Å². The molecule has 8 heteroatoms. The largest absolute Gasteiger partial charge is 0.492 e. The van der Waals surface area contributed by atoms with E-state index in [1.807, 2.05) is 18.2 Å². The zero-order chi connectivity index (χ0) is 15.4. The van der Waals surface area contributed by atoms with E-state index in [1.165, 1.54) is 12.8 Å². The monoisotopic (exact) mass is 369 g/mol. The summed E-state index contributed by atoms with van der Waals surface area (Å²) in [6, 6.07) is 3.83. The Kier molecular flexibility index (Phi) is 7.74. The normalized spacial score (nSPS) is 13.3. The zero-order valence-electron chi connectivity index (χ0n) is 13.3. The van der Waals surface area contributed by atoms with E-state index in [4.69, 9.17) is 0 Å². The number of hydrogen-bond acceptors (Lipinski definition) is 5. The Bertz CT molecular complexity index is 727. The van der Waals surface area contributed by atoms with Crippen molar-refractivity contribution in [1.29, 1.82) is 0 Å². The van der Waals surface area contributed by atoms with Crippen LogP contribution in [-0.2, 0) is 0 Å². The van der Waals surface area contributed by atoms with E-state index in [1.54, 1.807) is 12.4 Å². The number of fused-ring (bicyclic) bond motifs is 1. The number of aromatic amines is 1. The number of nitrogens with one attached hydrogen (secondary N) is 2. The summed E-state index contributed by atoms with van der Waals surface area (Å²) < 4.78 is 0. The highest BCUT2D eigenvalue weighted by Crippen LogP contribution is 2.31. The number of pyridine rings is 1. The predicted molar refractivity (Wildman–Crippen MR) is 103 cm³/mol. The van der Waals surface area contributed by atoms with E-state index in [0.717, 1.165) is 24.1 Å². The average Bonchev–Trinajstić information content (AvgIpc) is 3.09. The molecule has 1 aliphatic heterocycles. The molecule has 24 heavy (non-hydrogen) atoms. The molecule has 0 unspecified atom stereocenters. The third-order valence-corrected chi connectivity index (χ3v) is 3.51. The molecule has 0 amide bonds. The summed E-state index contributed by atoms with van der Waals surface area (Å²) in [7, 11) is 0. The molecule has 0 fully saturated rings. The van der Waals surface area contributed by atoms with Gasteiger partial charge in [-0.3, -0.25) is 0 Å². The van der Waals surface area contributed by atoms with Gasteiger partial charge in [0.25, 0.3) is 0 Å². The third-order valence-electron chi connectivity index (χ3n) is 3.51. The third kappa shape index (κ3) is 4.49. The first-order valence-corrected chi connectivity index (χ1v) is 7.52. The molecule has 3 rings (SSSR count). The van der Waals surface area contributed by atoms with Crippen molar-refractivity contribution in [2.75, 3.05) is 11.9 Å². The van der Waals surface area contributed by atoms with E-state index < -0.39 is 0 Å². The number of hydrogen-bond donors (Lipinski definition) is 3. The molecule has 0 bridgehead atoms. The molecule has 0 atom stereocenters. The molecule has 3 N–H and O–H groups in total. The van der Waals surface area contributed by atoms with E-state index >= 15 is 0 Å². The number of halogens is 2. The predicted octanol–water partition coefficient (Wildman–Crippen LogP) is 4.21. The van der Waals surface area contributed by atoms with Crippen molar-refractivity contribution in [2.24, 2.45) is 4.99 Å². The number of aromatic nitrogens is 3. The minimum absolute atomic E-state index is 0. The van der Waals surface area contributed by atoms with Crippen LogP contribution in [0, 0.1) is 0 Å². The summed E-state index contributed by atoms with van der Waals surface area (Å²) in [6.07, 6.45) is 8.72. The van der Waals surface area contributed by atoms with Crippen LogP contribution in [0.5, 0.6) is 5.88 Å². The summed E-state index contributed by atoms with van der Waals surface area (Å²) in [4.78, 5) is 15.6. The van der Waals surface area contributed by atoms with Gasteiger partial charge >= 0.3 is 0 Å². The number of nitrogens with zero attached hydrogens (tertiary/aromatic N) is 3. The van der Waals surface area contributed by atoms with Crippen molar-refractivity contribution < 1.29 is 5.11 Å². The second-order valence-electron chi connectivity index (χ2n) is 5.19. The van der Waals surface area contributed by atoms with Gasteiger partial charge < -0.3 is 15.4 Å². The Labute approximate surface area is 153 Å². The van der Waals surface area contributed by atoms with Crippen molar-refractivity contribution >= 4 is 54.4 Å². The van der Waals surface area contributed by atoms with Gasteiger partial charge in [-0.2, -0.15) is 4.98 Å². The van der Waals surface area contributed by atoms with E-state index in [9.17, 15) is 5.11 Å². The number of rotatable bonds is 6. The molecule has 3 heterocycles. The van der Waals surface area contributed by atoms with Crippen molar-refractivity contribution in [2.45, 2.75) is 26.2 Å². The molecule has 0 saturated carbocycles. The van der Waals surface area contributed by atoms with Crippen LogP contribution in [0.1, 0.15) is 37.4 Å². The van der Waals surface area contributed by atoms with Crippen molar-refractivity contribution in [3.8, 4) is 5.88 Å². The maximum atomic E-state index is 9.96. The molecular formula is C16H21Cl2N5O. The van der Waals surface area contributed by atoms with Crippen LogP contribution >= 0.6 is 24.8 Å². The first kappa shape index (κ1) is 20.0. The van der Waals surface area contributed by atoms with Gasteiger partial charge in [-0.1, -0.05) is 19.8 Å². The fourth-order valence-corrected chi connectivity index (χ4v) is 2.34. The van der Waals surface area contributed by atoms with Crippen LogP contribution in [0.3, 0.4) is 0 Å². The molecule has 6 nitrogen and oxygen atoms in total. The Balaban J connectivity index is 0.00000144. The summed E-state index contributed by atoms with van der Waals surface area (Å²) in [5.41, 5.74) is 2.42. The van der Waals surface area contributed by atoms with Gasteiger partial charge in [0, 0.05) is 30.1 Å². The lowest BCUT2D eigenvalue weighted by Gasteiger charge is -2.00. The fourth-order valence-electron chi connectivity index (χ4n) is 2.34. The van der Waals surface area contributed by atoms with Gasteiger partial charge in [0.1, 0.15) is 5.69 Å². The quantitative estimate of drug-likeness (QED) is 0.665. The lowest BCUT2D eigenvalue weighted by molar-refractivity contribution is 0.455. The van der Waals surface area contributed by atoms with Gasteiger partial charge in [0.2, 0.25) is 11.8 Å². The van der Waals surface area contributed by atoms with Crippen LogP contribution in [0.2, 0.25) is 0 Å². The van der Waals surface area contributed by atoms with E-state index in [0.29, 0.717) is 17.5 Å².